The van der Waals surface area contributed by atoms with Crippen LogP contribution in [-0.2, 0) is 11.2 Å². The Morgan fingerprint density at radius 3 is 2.76 bits per heavy atom. The number of imidazole rings is 1. The molecule has 7 nitrogen and oxygen atoms in total. The molecule has 178 valence electrons. The first kappa shape index (κ1) is 21.7. The van der Waals surface area contributed by atoms with Gasteiger partial charge in [-0.25, -0.2) is 9.97 Å². The zero-order valence-corrected chi connectivity index (χ0v) is 19.6. The van der Waals surface area contributed by atoms with Gasteiger partial charge in [-0.1, -0.05) is 0 Å². The summed E-state index contributed by atoms with van der Waals surface area (Å²) in [5.74, 6) is 4.28. The number of nitrogens with one attached hydrogen (secondary N) is 2. The lowest BCUT2D eigenvalue weighted by molar-refractivity contribution is -0.122. The van der Waals surface area contributed by atoms with Crippen molar-refractivity contribution in [2.24, 2.45) is 11.3 Å². The van der Waals surface area contributed by atoms with Crippen LogP contribution in [0.5, 0.6) is 0 Å². The Bertz CT molecular complexity index is 1270. The van der Waals surface area contributed by atoms with E-state index >= 15 is 0 Å². The van der Waals surface area contributed by atoms with Crippen LogP contribution in [0, 0.1) is 23.7 Å². The number of carbonyl (C=O) groups excluding carboxylic acids is 1. The lowest BCUT2D eigenvalue weighted by Gasteiger charge is -2.31. The number of hydrogen-bond acceptors (Lipinski definition) is 4. The number of aliphatic hydroxyl groups is 1. The molecule has 3 N–H and O–H groups in total. The van der Waals surface area contributed by atoms with Crippen LogP contribution >= 0.6 is 0 Å². The topological polar surface area (TPSA) is 95.8 Å². The predicted molar refractivity (Wildman–Crippen MR) is 131 cm³/mol. The number of rotatable bonds is 6. The SMILES string of the molecule is C#CC[C@H]1CC[C@H](n2c(CC(=O)NC34CCC(CO)(CC3)C4)nc3cnc4[nH]ccc4c32)CC1. The molecule has 7 heteroatoms. The number of nitrogens with zero attached hydrogens (tertiary/aromatic N) is 3. The Morgan fingerprint density at radius 1 is 1.26 bits per heavy atom. The van der Waals surface area contributed by atoms with Crippen LogP contribution < -0.4 is 5.32 Å². The molecule has 2 bridgehead atoms. The Kier molecular flexibility index (Phi) is 5.18. The highest BCUT2D eigenvalue weighted by molar-refractivity contribution is 6.01. The predicted octanol–water partition coefficient (Wildman–Crippen LogP) is 4.02. The van der Waals surface area contributed by atoms with Crippen LogP contribution in [0.3, 0.4) is 0 Å². The van der Waals surface area contributed by atoms with Crippen LogP contribution in [0.1, 0.15) is 76.1 Å². The van der Waals surface area contributed by atoms with Crippen molar-refractivity contribution in [1.82, 2.24) is 24.8 Å². The Morgan fingerprint density at radius 2 is 2.06 bits per heavy atom. The van der Waals surface area contributed by atoms with E-state index in [1.54, 1.807) is 0 Å². The molecule has 3 aromatic heterocycles. The summed E-state index contributed by atoms with van der Waals surface area (Å²) < 4.78 is 2.33. The summed E-state index contributed by atoms with van der Waals surface area (Å²) in [5.41, 5.74) is 2.64. The van der Waals surface area contributed by atoms with E-state index in [4.69, 9.17) is 11.4 Å². The molecular formula is C27H33N5O2. The van der Waals surface area contributed by atoms with Crippen LogP contribution in [-0.4, -0.2) is 42.7 Å². The summed E-state index contributed by atoms with van der Waals surface area (Å²) in [6, 6.07) is 2.36. The first-order valence-corrected chi connectivity index (χ1v) is 12.7. The van der Waals surface area contributed by atoms with Crippen LogP contribution in [0.4, 0.5) is 0 Å². The summed E-state index contributed by atoms with van der Waals surface area (Å²) in [5, 5.41) is 14.3. The van der Waals surface area contributed by atoms with E-state index in [0.717, 1.165) is 92.1 Å². The van der Waals surface area contributed by atoms with E-state index in [0.29, 0.717) is 12.0 Å². The molecule has 34 heavy (non-hydrogen) atoms. The number of hydrogen-bond donors (Lipinski definition) is 3. The first-order valence-electron chi connectivity index (χ1n) is 12.7. The van der Waals surface area contributed by atoms with Gasteiger partial charge in [0.15, 0.2) is 0 Å². The maximum atomic E-state index is 13.3. The van der Waals surface area contributed by atoms with Gasteiger partial charge in [-0.3, -0.25) is 4.79 Å². The van der Waals surface area contributed by atoms with Gasteiger partial charge < -0.3 is 20.0 Å². The second-order valence-corrected chi connectivity index (χ2v) is 11.1. The zero-order valence-electron chi connectivity index (χ0n) is 19.6. The standard InChI is InChI=1S/C27H33N5O2/c1-2-3-18-4-6-19(7-5-18)32-22(30-21-15-29-25-20(24(21)32)8-13-28-25)14-23(34)31-27-11-9-26(16-27,17-33)10-12-27/h1,8,13,15,18-19,33H,3-7,9-12,14,16-17H2,(H,28,29)(H,31,34)/t18-,19-,26?,27?. The van der Waals surface area contributed by atoms with Crippen molar-refractivity contribution < 1.29 is 9.90 Å². The van der Waals surface area contributed by atoms with E-state index in [2.05, 4.69) is 31.8 Å². The minimum Gasteiger partial charge on any atom is -0.396 e. The summed E-state index contributed by atoms with van der Waals surface area (Å²) in [7, 11) is 0. The smallest absolute Gasteiger partial charge is 0.228 e. The zero-order chi connectivity index (χ0) is 23.3. The maximum Gasteiger partial charge on any atom is 0.228 e. The van der Waals surface area contributed by atoms with E-state index in [9.17, 15) is 9.90 Å². The number of aromatic amines is 1. The number of aliphatic hydroxyl groups excluding tert-OH is 1. The van der Waals surface area contributed by atoms with Gasteiger partial charge in [0, 0.05) is 36.2 Å². The second-order valence-electron chi connectivity index (χ2n) is 11.1. The molecule has 0 saturated heterocycles. The van der Waals surface area contributed by atoms with Gasteiger partial charge >= 0.3 is 0 Å². The monoisotopic (exact) mass is 459 g/mol. The average Bonchev–Trinajstić information content (AvgIpc) is 3.60. The summed E-state index contributed by atoms with van der Waals surface area (Å²) in [4.78, 5) is 26.0. The number of pyridine rings is 1. The van der Waals surface area contributed by atoms with Gasteiger partial charge in [-0.05, 0) is 75.2 Å². The van der Waals surface area contributed by atoms with Crippen molar-refractivity contribution in [2.75, 3.05) is 6.61 Å². The molecular weight excluding hydrogens is 426 g/mol. The van der Waals surface area contributed by atoms with Crippen molar-refractivity contribution in [3.8, 4) is 12.3 Å². The van der Waals surface area contributed by atoms with Gasteiger partial charge in [0.1, 0.15) is 17.0 Å². The minimum absolute atomic E-state index is 0.0169. The first-order chi connectivity index (χ1) is 16.5. The molecule has 0 spiro atoms. The lowest BCUT2D eigenvalue weighted by atomic mass is 9.84. The van der Waals surface area contributed by atoms with Gasteiger partial charge in [0.05, 0.1) is 18.1 Å². The third kappa shape index (κ3) is 3.51. The molecule has 6 rings (SSSR count). The Balaban J connectivity index is 1.31. The quantitative estimate of drug-likeness (QED) is 0.485. The summed E-state index contributed by atoms with van der Waals surface area (Å²) >= 11 is 0. The molecule has 0 radical (unpaired) electrons. The Hall–Kier alpha value is -2.85. The fourth-order valence-electron chi connectivity index (χ4n) is 7.13. The van der Waals surface area contributed by atoms with Gasteiger partial charge in [-0.15, -0.1) is 12.3 Å². The number of H-pyrrole nitrogens is 1. The number of fused-ring (bicyclic) bond motifs is 5. The van der Waals surface area contributed by atoms with Crippen molar-refractivity contribution in [3.63, 3.8) is 0 Å². The van der Waals surface area contributed by atoms with Crippen LogP contribution in [0.25, 0.3) is 22.1 Å². The highest BCUT2D eigenvalue weighted by Crippen LogP contribution is 2.56. The molecule has 3 saturated carbocycles. The molecule has 3 fully saturated rings. The molecule has 3 aliphatic rings. The molecule has 0 unspecified atom stereocenters. The highest BCUT2D eigenvalue weighted by Gasteiger charge is 2.54. The molecule has 3 heterocycles. The van der Waals surface area contributed by atoms with Gasteiger partial charge in [0.2, 0.25) is 5.91 Å². The van der Waals surface area contributed by atoms with Crippen molar-refractivity contribution >= 4 is 28.0 Å². The van der Waals surface area contributed by atoms with E-state index in [1.807, 2.05) is 12.4 Å². The highest BCUT2D eigenvalue weighted by atomic mass is 16.3. The van der Waals surface area contributed by atoms with Crippen LogP contribution in [0.15, 0.2) is 18.5 Å². The number of carbonyl (C=O) groups is 1. The molecule has 1 amide bonds. The van der Waals surface area contributed by atoms with Crippen molar-refractivity contribution in [3.05, 3.63) is 24.3 Å². The average molecular weight is 460 g/mol. The molecule has 0 aliphatic heterocycles. The lowest BCUT2D eigenvalue weighted by Crippen LogP contribution is -2.46. The van der Waals surface area contributed by atoms with E-state index in [-0.39, 0.29) is 29.9 Å². The maximum absolute atomic E-state index is 13.3. The normalized spacial score (nSPS) is 30.7. The van der Waals surface area contributed by atoms with Gasteiger partial charge in [0.25, 0.3) is 0 Å². The molecule has 0 atom stereocenters. The van der Waals surface area contributed by atoms with E-state index < -0.39 is 0 Å². The van der Waals surface area contributed by atoms with Crippen molar-refractivity contribution in [2.45, 2.75) is 82.2 Å². The van der Waals surface area contributed by atoms with E-state index in [1.165, 1.54) is 0 Å². The van der Waals surface area contributed by atoms with Crippen LogP contribution in [0.2, 0.25) is 0 Å². The minimum atomic E-state index is -0.153. The molecule has 3 aromatic rings. The molecule has 3 aliphatic carbocycles. The third-order valence-corrected chi connectivity index (χ3v) is 8.94. The Labute approximate surface area is 199 Å². The number of terminal acetylenes is 1. The van der Waals surface area contributed by atoms with Gasteiger partial charge in [-0.2, -0.15) is 0 Å². The fourth-order valence-corrected chi connectivity index (χ4v) is 7.13. The largest absolute Gasteiger partial charge is 0.396 e. The van der Waals surface area contributed by atoms with Crippen molar-refractivity contribution in [1.29, 1.82) is 0 Å². The number of aromatic nitrogens is 4. The second kappa shape index (κ2) is 8.13. The third-order valence-electron chi connectivity index (χ3n) is 8.94. The fraction of sp³-hybridized carbons (Fsp3) is 0.593. The summed E-state index contributed by atoms with van der Waals surface area (Å²) in [6.07, 6.45) is 19.5. The molecule has 0 aromatic carbocycles. The summed E-state index contributed by atoms with van der Waals surface area (Å²) in [6.45, 7) is 0.225. The number of amides is 1.